The molecule has 0 aliphatic carbocycles. The molecule has 2 rings (SSSR count). The van der Waals surface area contributed by atoms with Crippen LogP contribution in [0.5, 0.6) is 0 Å². The molecule has 0 radical (unpaired) electrons. The van der Waals surface area contributed by atoms with E-state index in [1.165, 1.54) is 5.56 Å². The maximum absolute atomic E-state index is 12.4. The molecule has 1 heterocycles. The number of amides is 1. The number of aryl methyl sites for hydroxylation is 1. The maximum atomic E-state index is 12.4. The van der Waals surface area contributed by atoms with E-state index in [0.717, 1.165) is 43.5 Å². The van der Waals surface area contributed by atoms with Crippen molar-refractivity contribution in [3.05, 3.63) is 34.9 Å². The van der Waals surface area contributed by atoms with E-state index in [4.69, 9.17) is 11.6 Å². The van der Waals surface area contributed by atoms with Gasteiger partial charge >= 0.3 is 0 Å². The van der Waals surface area contributed by atoms with Crippen LogP contribution in [0.1, 0.15) is 31.2 Å². The number of sulfonamides is 1. The Morgan fingerprint density at radius 2 is 2.04 bits per heavy atom. The molecule has 0 unspecified atom stereocenters. The van der Waals surface area contributed by atoms with Gasteiger partial charge in [-0.1, -0.05) is 23.7 Å². The zero-order valence-corrected chi connectivity index (χ0v) is 15.6. The first kappa shape index (κ1) is 19.2. The van der Waals surface area contributed by atoms with Crippen molar-refractivity contribution >= 4 is 27.5 Å². The van der Waals surface area contributed by atoms with Gasteiger partial charge in [0.1, 0.15) is 0 Å². The van der Waals surface area contributed by atoms with Crippen LogP contribution >= 0.6 is 11.6 Å². The minimum absolute atomic E-state index is 0.160. The highest BCUT2D eigenvalue weighted by molar-refractivity contribution is 7.88. The first-order chi connectivity index (χ1) is 11.3. The number of rotatable bonds is 7. The first-order valence-electron chi connectivity index (χ1n) is 8.30. The molecule has 1 aromatic rings. The number of nitrogens with one attached hydrogen (secondary N) is 1. The third-order valence-corrected chi connectivity index (χ3v) is 5.22. The van der Waals surface area contributed by atoms with Gasteiger partial charge in [0.25, 0.3) is 0 Å². The molecule has 0 aromatic heterocycles. The molecule has 1 N–H and O–H groups in total. The molecule has 0 bridgehead atoms. The third-order valence-electron chi connectivity index (χ3n) is 4.28. The van der Waals surface area contributed by atoms with Crippen LogP contribution in [0.4, 0.5) is 0 Å². The van der Waals surface area contributed by atoms with Gasteiger partial charge in [0.05, 0.1) is 6.26 Å². The number of carbonyl (C=O) groups excluding carboxylic acids is 1. The van der Waals surface area contributed by atoms with Gasteiger partial charge in [-0.25, -0.2) is 13.1 Å². The highest BCUT2D eigenvalue weighted by Crippen LogP contribution is 2.18. The molecule has 1 aliphatic heterocycles. The highest BCUT2D eigenvalue weighted by Gasteiger charge is 2.23. The Morgan fingerprint density at radius 3 is 2.71 bits per heavy atom. The van der Waals surface area contributed by atoms with Crippen molar-refractivity contribution in [2.24, 2.45) is 5.92 Å². The lowest BCUT2D eigenvalue weighted by atomic mass is 9.97. The Bertz CT molecular complexity index is 646. The molecule has 24 heavy (non-hydrogen) atoms. The summed E-state index contributed by atoms with van der Waals surface area (Å²) in [6.45, 7) is 1.82. The number of likely N-dealkylation sites (tertiary alicyclic amines) is 1. The highest BCUT2D eigenvalue weighted by atomic mass is 35.5. The Morgan fingerprint density at radius 1 is 1.33 bits per heavy atom. The first-order valence-corrected chi connectivity index (χ1v) is 10.6. The number of piperidine rings is 1. The molecule has 134 valence electrons. The minimum atomic E-state index is -3.17. The number of benzene rings is 1. The molecule has 1 saturated heterocycles. The standard InChI is InChI=1S/C17H25ClN2O3S/c1-24(22,23)19-12-15-5-3-11-20(13-15)17(21)6-2-4-14-7-9-16(18)10-8-14/h7-10,15,19H,2-6,11-13H2,1H3/t15-/m0/s1. The molecule has 0 saturated carbocycles. The number of hydrogen-bond acceptors (Lipinski definition) is 3. The fraction of sp³-hybridized carbons (Fsp3) is 0.588. The summed E-state index contributed by atoms with van der Waals surface area (Å²) in [6, 6.07) is 7.70. The second kappa shape index (κ2) is 8.83. The SMILES string of the molecule is CS(=O)(=O)NC[C@@H]1CCCN(C(=O)CCCc2ccc(Cl)cc2)C1. The van der Waals surface area contributed by atoms with E-state index >= 15 is 0 Å². The molecule has 1 aliphatic rings. The van der Waals surface area contributed by atoms with Gasteiger partial charge in [0.2, 0.25) is 15.9 Å². The van der Waals surface area contributed by atoms with Crippen LogP contribution in [0, 0.1) is 5.92 Å². The number of hydrogen-bond donors (Lipinski definition) is 1. The average molecular weight is 373 g/mol. The van der Waals surface area contributed by atoms with Gasteiger partial charge in [0, 0.05) is 31.1 Å². The van der Waals surface area contributed by atoms with Crippen LogP contribution in [0.25, 0.3) is 0 Å². The van der Waals surface area contributed by atoms with Crippen LogP contribution in [0.2, 0.25) is 5.02 Å². The normalized spacial score (nSPS) is 18.6. The summed E-state index contributed by atoms with van der Waals surface area (Å²) >= 11 is 5.86. The lowest BCUT2D eigenvalue weighted by Crippen LogP contribution is -2.43. The molecule has 7 heteroatoms. The lowest BCUT2D eigenvalue weighted by Gasteiger charge is -2.33. The molecule has 0 spiro atoms. The molecule has 1 atom stereocenters. The summed E-state index contributed by atoms with van der Waals surface area (Å²) in [5.41, 5.74) is 1.18. The van der Waals surface area contributed by atoms with E-state index in [1.807, 2.05) is 29.2 Å². The Balaban J connectivity index is 1.74. The summed E-state index contributed by atoms with van der Waals surface area (Å²) in [7, 11) is -3.17. The zero-order chi connectivity index (χ0) is 17.6. The molecule has 1 aromatic carbocycles. The average Bonchev–Trinajstić information content (AvgIpc) is 2.54. The summed E-state index contributed by atoms with van der Waals surface area (Å²) in [4.78, 5) is 14.2. The monoisotopic (exact) mass is 372 g/mol. The third kappa shape index (κ3) is 6.79. The number of halogens is 1. The van der Waals surface area contributed by atoms with Crippen molar-refractivity contribution in [3.8, 4) is 0 Å². The van der Waals surface area contributed by atoms with E-state index in [9.17, 15) is 13.2 Å². The summed E-state index contributed by atoms with van der Waals surface area (Å²) < 4.78 is 24.9. The van der Waals surface area contributed by atoms with Gasteiger partial charge in [0.15, 0.2) is 0 Å². The summed E-state index contributed by atoms with van der Waals surface area (Å²) in [5.74, 6) is 0.363. The van der Waals surface area contributed by atoms with Crippen LogP contribution in [-0.2, 0) is 21.2 Å². The topological polar surface area (TPSA) is 66.5 Å². The molecule has 1 amide bonds. The Hall–Kier alpha value is -1.11. The predicted octanol–water partition coefficient (Wildman–Crippen LogP) is 2.45. The minimum Gasteiger partial charge on any atom is -0.342 e. The van der Waals surface area contributed by atoms with E-state index in [-0.39, 0.29) is 11.8 Å². The smallest absolute Gasteiger partial charge is 0.222 e. The molecule has 1 fully saturated rings. The van der Waals surface area contributed by atoms with Gasteiger partial charge < -0.3 is 4.90 Å². The molecular formula is C17H25ClN2O3S. The number of nitrogens with zero attached hydrogens (tertiary/aromatic N) is 1. The Labute approximate surface area is 149 Å². The predicted molar refractivity (Wildman–Crippen MR) is 96.5 cm³/mol. The second-order valence-electron chi connectivity index (χ2n) is 6.45. The van der Waals surface area contributed by atoms with Gasteiger partial charge in [-0.3, -0.25) is 4.79 Å². The van der Waals surface area contributed by atoms with E-state index in [2.05, 4.69) is 4.72 Å². The van der Waals surface area contributed by atoms with Crippen LogP contribution in [0.15, 0.2) is 24.3 Å². The van der Waals surface area contributed by atoms with Crippen molar-refractivity contribution < 1.29 is 13.2 Å². The van der Waals surface area contributed by atoms with Crippen molar-refractivity contribution in [2.45, 2.75) is 32.1 Å². The number of carbonyl (C=O) groups is 1. The second-order valence-corrected chi connectivity index (χ2v) is 8.72. The fourth-order valence-corrected chi connectivity index (χ4v) is 3.64. The quantitative estimate of drug-likeness (QED) is 0.799. The van der Waals surface area contributed by atoms with Crippen molar-refractivity contribution in [3.63, 3.8) is 0 Å². The van der Waals surface area contributed by atoms with Crippen molar-refractivity contribution in [2.75, 3.05) is 25.9 Å². The van der Waals surface area contributed by atoms with Gasteiger partial charge in [-0.2, -0.15) is 0 Å². The Kier molecular flexibility index (Phi) is 7.07. The van der Waals surface area contributed by atoms with Crippen LogP contribution < -0.4 is 4.72 Å². The van der Waals surface area contributed by atoms with E-state index in [1.54, 1.807) is 0 Å². The molecule has 5 nitrogen and oxygen atoms in total. The fourth-order valence-electron chi connectivity index (χ4n) is 2.98. The summed E-state index contributed by atoms with van der Waals surface area (Å²) in [6.07, 6.45) is 5.24. The summed E-state index contributed by atoms with van der Waals surface area (Å²) in [5, 5.41) is 0.719. The zero-order valence-electron chi connectivity index (χ0n) is 14.0. The largest absolute Gasteiger partial charge is 0.342 e. The van der Waals surface area contributed by atoms with E-state index < -0.39 is 10.0 Å². The molecular weight excluding hydrogens is 348 g/mol. The van der Waals surface area contributed by atoms with Crippen LogP contribution in [-0.4, -0.2) is 45.1 Å². The lowest BCUT2D eigenvalue weighted by molar-refractivity contribution is -0.133. The maximum Gasteiger partial charge on any atom is 0.222 e. The van der Waals surface area contributed by atoms with Crippen molar-refractivity contribution in [1.82, 2.24) is 9.62 Å². The van der Waals surface area contributed by atoms with Crippen LogP contribution in [0.3, 0.4) is 0 Å². The van der Waals surface area contributed by atoms with E-state index in [0.29, 0.717) is 19.5 Å². The van der Waals surface area contributed by atoms with Gasteiger partial charge in [-0.15, -0.1) is 0 Å². The van der Waals surface area contributed by atoms with Gasteiger partial charge in [-0.05, 0) is 49.3 Å². The van der Waals surface area contributed by atoms with Crippen molar-refractivity contribution in [1.29, 1.82) is 0 Å².